The fraction of sp³-hybridized carbons (Fsp3) is 0.0649. The number of ether oxygens (including phenoxy) is 1. The molecule has 0 atom stereocenters. The van der Waals surface area contributed by atoms with Crippen molar-refractivity contribution in [3.05, 3.63) is 295 Å². The minimum absolute atomic E-state index is 0. The first-order valence-corrected chi connectivity index (χ1v) is 28.3. The van der Waals surface area contributed by atoms with Gasteiger partial charge in [-0.15, -0.1) is 35.7 Å². The number of para-hydroxylation sites is 3. The predicted octanol–water partition coefficient (Wildman–Crippen LogP) is 19.5. The fourth-order valence-electron chi connectivity index (χ4n) is 14.1. The van der Waals surface area contributed by atoms with Gasteiger partial charge in [0.2, 0.25) is 0 Å². The third-order valence-electron chi connectivity index (χ3n) is 17.7. The zero-order chi connectivity index (χ0) is 54.4. The average molecular weight is 1240 g/mol. The van der Waals surface area contributed by atoms with Crippen LogP contribution in [0.2, 0.25) is 0 Å². The number of anilines is 2. The molecule has 0 unspecified atom stereocenters. The molecule has 14 aromatic rings. The van der Waals surface area contributed by atoms with E-state index in [0.717, 1.165) is 71.8 Å². The van der Waals surface area contributed by atoms with Crippen LogP contribution in [-0.2, 0) is 31.9 Å². The van der Waals surface area contributed by atoms with Gasteiger partial charge in [-0.25, -0.2) is 4.98 Å². The Morgan fingerprint density at radius 3 is 1.73 bits per heavy atom. The fourth-order valence-corrected chi connectivity index (χ4v) is 14.1. The second kappa shape index (κ2) is 18.4. The number of rotatable bonds is 5. The number of aromatic nitrogens is 3. The van der Waals surface area contributed by atoms with E-state index in [-0.39, 0.29) is 26.5 Å². The van der Waals surface area contributed by atoms with E-state index in [1.54, 1.807) is 0 Å². The summed E-state index contributed by atoms with van der Waals surface area (Å²) in [5.41, 5.74) is 19.7. The first kappa shape index (κ1) is 49.2. The van der Waals surface area contributed by atoms with Crippen LogP contribution < -0.4 is 9.64 Å². The van der Waals surface area contributed by atoms with Crippen molar-refractivity contribution in [3.8, 4) is 50.7 Å². The van der Waals surface area contributed by atoms with Gasteiger partial charge < -0.3 is 18.8 Å². The molecule has 1 spiro atoms. The minimum atomic E-state index is -0.396. The van der Waals surface area contributed by atoms with Crippen LogP contribution in [0.25, 0.3) is 104 Å². The Bertz CT molecular complexity index is 5090. The molecule has 3 aliphatic rings. The molecule has 0 radical (unpaired) electrons. The zero-order valence-corrected chi connectivity index (χ0v) is 48.0. The summed E-state index contributed by atoms with van der Waals surface area (Å²) in [5.74, 6) is 2.03. The van der Waals surface area contributed by atoms with Gasteiger partial charge >= 0.3 is 0 Å². The van der Waals surface area contributed by atoms with Crippen molar-refractivity contribution in [2.45, 2.75) is 31.6 Å². The molecule has 4 heterocycles. The molecule has 0 bridgehead atoms. The number of benzene rings is 11. The molecule has 3 aromatic heterocycles. The number of hydrogen-bond acceptors (Lipinski definition) is 3. The van der Waals surface area contributed by atoms with Gasteiger partial charge in [0.05, 0.1) is 5.41 Å². The summed E-state index contributed by atoms with van der Waals surface area (Å²) >= 11 is 0. The van der Waals surface area contributed by atoms with Crippen LogP contribution in [0.5, 0.6) is 11.5 Å². The van der Waals surface area contributed by atoms with Gasteiger partial charge in [-0.3, -0.25) is 0 Å². The Morgan fingerprint density at radius 2 is 1.00 bits per heavy atom. The number of pyridine rings is 1. The van der Waals surface area contributed by atoms with E-state index in [1.165, 1.54) is 71.8 Å². The van der Waals surface area contributed by atoms with Gasteiger partial charge in [0.1, 0.15) is 5.82 Å². The summed E-state index contributed by atoms with van der Waals surface area (Å²) in [4.78, 5) is 7.16. The van der Waals surface area contributed by atoms with E-state index in [1.807, 2.05) is 18.3 Å². The van der Waals surface area contributed by atoms with Gasteiger partial charge in [0.15, 0.2) is 0 Å². The normalized spacial score (nSPS) is 13.3. The Kier molecular flexibility index (Phi) is 10.9. The molecule has 5 nitrogen and oxygen atoms in total. The third-order valence-corrected chi connectivity index (χ3v) is 17.7. The zero-order valence-electron chi connectivity index (χ0n) is 45.8. The molecule has 0 fully saturated rings. The van der Waals surface area contributed by atoms with Crippen molar-refractivity contribution < 1.29 is 25.8 Å². The summed E-state index contributed by atoms with van der Waals surface area (Å²) in [5, 5.41) is 9.22. The maximum Gasteiger partial charge on any atom is 0.135 e. The molecule has 6 heteroatoms. The van der Waals surface area contributed by atoms with Crippen LogP contribution in [0.3, 0.4) is 0 Å². The standard InChI is InChI=1S/C77H51N4O.Pt/c1-76(2,3)50-40-41-78-74(44-50)81-71-32-15-10-26-61(71)62-38-36-53(46-73(62)81)82-52-19-16-18-51(45-52)79-47-80-70-31-14-9-25-60(70)55-21-5-4-20-54(55)56-37-34-48(42-64(56)63-27-17-33-72(79)75(63)80)49-35-39-69-65(43-49)59-24-8-13-30-68(59)77(69)66-28-11-6-22-57(66)58-23-7-12-29-67(58)77;/h4-44,47H,1-3H3;/q-3;. The Hall–Kier alpha value is -9.67. The topological polar surface area (TPSA) is 35.2 Å². The average Bonchev–Trinajstić information content (AvgIpc) is 3.28. The Balaban J connectivity index is 0.00000565. The van der Waals surface area contributed by atoms with E-state index in [4.69, 9.17) is 9.72 Å². The monoisotopic (exact) mass is 1240 g/mol. The molecule has 11 aromatic carbocycles. The maximum absolute atomic E-state index is 6.79. The molecule has 2 aliphatic carbocycles. The van der Waals surface area contributed by atoms with Gasteiger partial charge in [-0.1, -0.05) is 213 Å². The molecule has 0 saturated heterocycles. The molecule has 0 saturated carbocycles. The van der Waals surface area contributed by atoms with Gasteiger partial charge in [0, 0.05) is 50.0 Å². The van der Waals surface area contributed by atoms with Crippen LogP contribution in [0.1, 0.15) is 48.6 Å². The Labute approximate surface area is 495 Å². The first-order valence-electron chi connectivity index (χ1n) is 28.3. The van der Waals surface area contributed by atoms with Crippen molar-refractivity contribution in [3.63, 3.8) is 0 Å². The van der Waals surface area contributed by atoms with Crippen molar-refractivity contribution in [2.24, 2.45) is 0 Å². The summed E-state index contributed by atoms with van der Waals surface area (Å²) < 4.78 is 11.4. The summed E-state index contributed by atoms with van der Waals surface area (Å²) in [7, 11) is 0. The largest absolute Gasteiger partial charge is 0.509 e. The van der Waals surface area contributed by atoms with Crippen molar-refractivity contribution in [1.82, 2.24) is 14.1 Å². The van der Waals surface area contributed by atoms with Crippen molar-refractivity contribution in [1.29, 1.82) is 0 Å². The molecular formula is C77H51N4OPt-3. The molecule has 83 heavy (non-hydrogen) atoms. The Morgan fingerprint density at radius 1 is 0.446 bits per heavy atom. The van der Waals surface area contributed by atoms with E-state index in [2.05, 4.69) is 284 Å². The summed E-state index contributed by atoms with van der Waals surface area (Å²) in [6, 6.07) is 96.3. The SMILES string of the molecule is CC(C)(C)c1ccnc(-n2c3[c-]c(Oc4[c-]c(N5[CH-]n6c7ccccc7c7ccccc7c7ccc(-c8ccc9c(c8)-c8ccccc8C98c9ccccc9-c9ccccc98)cc7c7cccc5c76)ccc4)ccc3c3ccccc32)c1.[Pt]. The second-order valence-electron chi connectivity index (χ2n) is 23.1. The van der Waals surface area contributed by atoms with Crippen LogP contribution in [0, 0.1) is 18.8 Å². The number of fused-ring (bicyclic) bond motifs is 20. The van der Waals surface area contributed by atoms with Gasteiger partial charge in [0.25, 0.3) is 0 Å². The van der Waals surface area contributed by atoms with Crippen LogP contribution in [0.15, 0.2) is 249 Å². The van der Waals surface area contributed by atoms with Crippen molar-refractivity contribution in [2.75, 3.05) is 4.90 Å². The predicted molar refractivity (Wildman–Crippen MR) is 337 cm³/mol. The third kappa shape index (κ3) is 7.17. The molecular weight excluding hydrogens is 1190 g/mol. The summed E-state index contributed by atoms with van der Waals surface area (Å²) in [6.45, 7) is 8.93. The second-order valence-corrected chi connectivity index (χ2v) is 23.1. The smallest absolute Gasteiger partial charge is 0.135 e. The molecule has 1 aliphatic heterocycles. The molecule has 0 N–H and O–H groups in total. The van der Waals surface area contributed by atoms with Crippen LogP contribution in [-0.4, -0.2) is 14.1 Å². The van der Waals surface area contributed by atoms with Gasteiger partial charge in [-0.2, -0.15) is 12.1 Å². The molecule has 398 valence electrons. The van der Waals surface area contributed by atoms with E-state index in [0.29, 0.717) is 11.5 Å². The van der Waals surface area contributed by atoms with E-state index in [9.17, 15) is 0 Å². The first-order chi connectivity index (χ1) is 40.3. The molecule has 0 amide bonds. The number of nitrogens with zero attached hydrogens (tertiary/aromatic N) is 4. The van der Waals surface area contributed by atoms with Crippen LogP contribution in [0.4, 0.5) is 11.4 Å². The van der Waals surface area contributed by atoms with Gasteiger partial charge in [-0.05, 0) is 153 Å². The van der Waals surface area contributed by atoms with E-state index >= 15 is 0 Å². The minimum Gasteiger partial charge on any atom is -0.509 e. The van der Waals surface area contributed by atoms with Crippen molar-refractivity contribution >= 4 is 76.5 Å². The van der Waals surface area contributed by atoms with Crippen LogP contribution >= 0.6 is 0 Å². The quantitative estimate of drug-likeness (QED) is 0.161. The van der Waals surface area contributed by atoms with E-state index < -0.39 is 5.41 Å². The molecule has 17 rings (SSSR count). The number of hydrogen-bond donors (Lipinski definition) is 0. The summed E-state index contributed by atoms with van der Waals surface area (Å²) in [6.07, 6.45) is 1.91. The maximum atomic E-state index is 6.79.